The van der Waals surface area contributed by atoms with Gasteiger partial charge >= 0.3 is 17.9 Å². The van der Waals surface area contributed by atoms with Gasteiger partial charge in [0.25, 0.3) is 0 Å². The molecular formula is C17H16Cl2O6. The molecular weight excluding hydrogens is 371 g/mol. The van der Waals surface area contributed by atoms with Crippen molar-refractivity contribution < 1.29 is 29.0 Å². The number of fused-ring (bicyclic) bond motifs is 1. The average molecular weight is 387 g/mol. The summed E-state index contributed by atoms with van der Waals surface area (Å²) in [6.45, 7) is 2.64. The second-order valence-electron chi connectivity index (χ2n) is 5.63. The summed E-state index contributed by atoms with van der Waals surface area (Å²) in [5, 5.41) is 9.54. The maximum absolute atomic E-state index is 12.0. The van der Waals surface area contributed by atoms with Crippen LogP contribution in [0.5, 0.6) is 0 Å². The van der Waals surface area contributed by atoms with Crippen LogP contribution >= 0.6 is 23.2 Å². The van der Waals surface area contributed by atoms with Gasteiger partial charge in [0.15, 0.2) is 6.61 Å². The Morgan fingerprint density at radius 1 is 1.28 bits per heavy atom. The number of carbonyl (C=O) groups is 3. The molecule has 0 aromatic heterocycles. The van der Waals surface area contributed by atoms with Crippen LogP contribution in [0.1, 0.15) is 24.0 Å². The first kappa shape index (κ1) is 19.3. The van der Waals surface area contributed by atoms with Crippen LogP contribution in [0.15, 0.2) is 24.3 Å². The maximum atomic E-state index is 12.0. The van der Waals surface area contributed by atoms with E-state index in [9.17, 15) is 14.4 Å². The van der Waals surface area contributed by atoms with Crippen molar-refractivity contribution in [3.05, 3.63) is 45.5 Å². The second-order valence-corrected chi connectivity index (χ2v) is 6.47. The van der Waals surface area contributed by atoms with E-state index >= 15 is 0 Å². The summed E-state index contributed by atoms with van der Waals surface area (Å²) in [4.78, 5) is 33.8. The molecule has 0 aliphatic heterocycles. The van der Waals surface area contributed by atoms with E-state index in [-0.39, 0.29) is 18.1 Å². The molecule has 0 heterocycles. The first-order valence-corrected chi connectivity index (χ1v) is 8.25. The van der Waals surface area contributed by atoms with E-state index in [2.05, 4.69) is 11.3 Å². The number of carboxylic acids is 1. The van der Waals surface area contributed by atoms with Crippen molar-refractivity contribution in [2.45, 2.75) is 31.8 Å². The summed E-state index contributed by atoms with van der Waals surface area (Å²) >= 11 is 12.2. The SMILES string of the molecule is C=C(CC(=O)OC1CCc2cc(Cl)cc(Cl)c2C1)C(=O)OCC(=O)O. The quantitative estimate of drug-likeness (QED) is 0.596. The van der Waals surface area contributed by atoms with Gasteiger partial charge in [-0.05, 0) is 36.1 Å². The Morgan fingerprint density at radius 2 is 2.00 bits per heavy atom. The molecule has 134 valence electrons. The van der Waals surface area contributed by atoms with E-state index in [4.69, 9.17) is 33.0 Å². The van der Waals surface area contributed by atoms with Gasteiger partial charge in [-0.15, -0.1) is 0 Å². The molecule has 0 spiro atoms. The number of hydrogen-bond acceptors (Lipinski definition) is 5. The molecule has 1 atom stereocenters. The molecule has 1 aliphatic rings. The van der Waals surface area contributed by atoms with Crippen LogP contribution in [0.4, 0.5) is 0 Å². The number of carbonyl (C=O) groups excluding carboxylic acids is 2. The standard InChI is InChI=1S/C17H16Cl2O6/c1-9(17(23)24-8-15(20)21)4-16(22)25-12-3-2-10-5-11(18)6-14(19)13(10)7-12/h5-6,12H,1-4,7-8H2,(H,20,21). The zero-order valence-electron chi connectivity index (χ0n) is 13.2. The van der Waals surface area contributed by atoms with Crippen molar-refractivity contribution >= 4 is 41.1 Å². The van der Waals surface area contributed by atoms with Gasteiger partial charge in [-0.3, -0.25) is 4.79 Å². The minimum atomic E-state index is -1.29. The third-order valence-corrected chi connectivity index (χ3v) is 4.25. The highest BCUT2D eigenvalue weighted by Crippen LogP contribution is 2.32. The van der Waals surface area contributed by atoms with E-state index < -0.39 is 24.5 Å². The average Bonchev–Trinajstić information content (AvgIpc) is 2.52. The lowest BCUT2D eigenvalue weighted by atomic mass is 9.89. The van der Waals surface area contributed by atoms with E-state index in [0.717, 1.165) is 11.1 Å². The highest BCUT2D eigenvalue weighted by Gasteiger charge is 2.25. The van der Waals surface area contributed by atoms with Gasteiger partial charge in [-0.1, -0.05) is 29.8 Å². The molecule has 8 heteroatoms. The van der Waals surface area contributed by atoms with Crippen molar-refractivity contribution in [1.82, 2.24) is 0 Å². The van der Waals surface area contributed by atoms with Crippen molar-refractivity contribution in [1.29, 1.82) is 0 Å². The van der Waals surface area contributed by atoms with Gasteiger partial charge in [-0.2, -0.15) is 0 Å². The predicted molar refractivity (Wildman–Crippen MR) is 90.7 cm³/mol. The highest BCUT2D eigenvalue weighted by atomic mass is 35.5. The normalized spacial score (nSPS) is 15.8. The van der Waals surface area contributed by atoms with Crippen LogP contribution in [0, 0.1) is 0 Å². The summed E-state index contributed by atoms with van der Waals surface area (Å²) in [6.07, 6.45) is 1.03. The summed E-state index contributed by atoms with van der Waals surface area (Å²) in [5.74, 6) is -2.86. The Labute approximate surface area is 154 Å². The van der Waals surface area contributed by atoms with Crippen LogP contribution in [-0.4, -0.2) is 35.7 Å². The van der Waals surface area contributed by atoms with Crippen LogP contribution in [0.2, 0.25) is 10.0 Å². The number of aryl methyl sites for hydroxylation is 1. The van der Waals surface area contributed by atoms with Gasteiger partial charge in [0, 0.05) is 22.0 Å². The fourth-order valence-corrected chi connectivity index (χ4v) is 3.17. The third kappa shape index (κ3) is 5.47. The van der Waals surface area contributed by atoms with E-state index in [1.807, 2.05) is 6.07 Å². The van der Waals surface area contributed by atoms with Crippen LogP contribution in [0.3, 0.4) is 0 Å². The first-order chi connectivity index (χ1) is 11.8. The lowest BCUT2D eigenvalue weighted by Gasteiger charge is -2.25. The van der Waals surface area contributed by atoms with Crippen LogP contribution < -0.4 is 0 Å². The minimum absolute atomic E-state index is 0.160. The van der Waals surface area contributed by atoms with Crippen molar-refractivity contribution in [2.75, 3.05) is 6.61 Å². The molecule has 1 N–H and O–H groups in total. The number of ether oxygens (including phenoxy) is 2. The second kappa shape index (κ2) is 8.36. The number of halogens is 2. The lowest BCUT2D eigenvalue weighted by molar-refractivity contribution is -0.154. The monoisotopic (exact) mass is 386 g/mol. The van der Waals surface area contributed by atoms with E-state index in [1.54, 1.807) is 6.07 Å². The molecule has 2 rings (SSSR count). The van der Waals surface area contributed by atoms with Gasteiger partial charge in [0.1, 0.15) is 6.10 Å². The predicted octanol–water partition coefficient (Wildman–Crippen LogP) is 2.97. The number of hydrogen-bond donors (Lipinski definition) is 1. The Hall–Kier alpha value is -2.05. The van der Waals surface area contributed by atoms with Gasteiger partial charge in [0.2, 0.25) is 0 Å². The fourth-order valence-electron chi connectivity index (χ4n) is 2.56. The molecule has 25 heavy (non-hydrogen) atoms. The zero-order valence-corrected chi connectivity index (χ0v) is 14.7. The Morgan fingerprint density at radius 3 is 2.68 bits per heavy atom. The zero-order chi connectivity index (χ0) is 18.6. The largest absolute Gasteiger partial charge is 0.479 e. The number of esters is 2. The molecule has 1 aliphatic carbocycles. The van der Waals surface area contributed by atoms with Crippen LogP contribution in [-0.2, 0) is 36.7 Å². The molecule has 0 fully saturated rings. The smallest absolute Gasteiger partial charge is 0.341 e. The molecule has 0 saturated heterocycles. The molecule has 0 amide bonds. The molecule has 1 aromatic carbocycles. The van der Waals surface area contributed by atoms with Crippen molar-refractivity contribution in [3.63, 3.8) is 0 Å². The van der Waals surface area contributed by atoms with E-state index in [0.29, 0.717) is 29.3 Å². The fraction of sp³-hybridized carbons (Fsp3) is 0.353. The minimum Gasteiger partial charge on any atom is -0.479 e. The molecule has 0 bridgehead atoms. The maximum Gasteiger partial charge on any atom is 0.341 e. The summed E-state index contributed by atoms with van der Waals surface area (Å²) in [5.41, 5.74) is 1.77. The van der Waals surface area contributed by atoms with Gasteiger partial charge in [-0.25, -0.2) is 9.59 Å². The molecule has 0 saturated carbocycles. The number of rotatable bonds is 6. The molecule has 1 aromatic rings. The molecule has 6 nitrogen and oxygen atoms in total. The Balaban J connectivity index is 1.88. The summed E-state index contributed by atoms with van der Waals surface area (Å²) in [7, 11) is 0. The van der Waals surface area contributed by atoms with Gasteiger partial charge < -0.3 is 14.6 Å². The number of carboxylic acid groups (broad SMARTS) is 1. The molecule has 0 radical (unpaired) electrons. The van der Waals surface area contributed by atoms with Crippen molar-refractivity contribution in [2.24, 2.45) is 0 Å². The highest BCUT2D eigenvalue weighted by molar-refractivity contribution is 6.35. The lowest BCUT2D eigenvalue weighted by Crippen LogP contribution is -2.26. The van der Waals surface area contributed by atoms with Crippen LogP contribution in [0.25, 0.3) is 0 Å². The summed E-state index contributed by atoms with van der Waals surface area (Å²) in [6, 6.07) is 3.49. The van der Waals surface area contributed by atoms with E-state index in [1.165, 1.54) is 0 Å². The topological polar surface area (TPSA) is 89.9 Å². The first-order valence-electron chi connectivity index (χ1n) is 7.49. The molecule has 1 unspecified atom stereocenters. The summed E-state index contributed by atoms with van der Waals surface area (Å²) < 4.78 is 9.82. The number of aliphatic carboxylic acids is 1. The Bertz CT molecular complexity index is 728. The van der Waals surface area contributed by atoms with Gasteiger partial charge in [0.05, 0.1) is 6.42 Å². The Kier molecular flexibility index (Phi) is 6.45. The number of benzene rings is 1. The van der Waals surface area contributed by atoms with Crippen molar-refractivity contribution in [3.8, 4) is 0 Å². The third-order valence-electron chi connectivity index (χ3n) is 3.69.